The van der Waals surface area contributed by atoms with E-state index in [1.165, 1.54) is 9.88 Å². The second kappa shape index (κ2) is 8.83. The molecular formula is C16H31N3OS. The van der Waals surface area contributed by atoms with E-state index in [0.717, 1.165) is 38.3 Å². The zero-order chi connectivity index (χ0) is 15.9. The maximum Gasteiger partial charge on any atom is 0.0945 e. The van der Waals surface area contributed by atoms with Crippen LogP contribution in [0.25, 0.3) is 0 Å². The van der Waals surface area contributed by atoms with Gasteiger partial charge in [-0.25, -0.2) is 4.98 Å². The summed E-state index contributed by atoms with van der Waals surface area (Å²) < 4.78 is 5.29. The number of likely N-dealkylation sites (N-methyl/N-ethyl adjacent to an activating group) is 1. The largest absolute Gasteiger partial charge is 0.378 e. The fourth-order valence-corrected chi connectivity index (χ4v) is 3.07. The number of methoxy groups -OCH3 is 1. The summed E-state index contributed by atoms with van der Waals surface area (Å²) in [6, 6.07) is 0. The molecule has 4 nitrogen and oxygen atoms in total. The van der Waals surface area contributed by atoms with Crippen LogP contribution in [0.5, 0.6) is 0 Å². The standard InChI is InChI=1S/C16H31N3OS/c1-7-19(8-2)10-9-15-18-13(12-20-6)14(21-15)11-17-16(3,4)5/h17H,7-12H2,1-6H3. The second-order valence-electron chi connectivity index (χ2n) is 6.29. The molecule has 0 saturated heterocycles. The Labute approximate surface area is 133 Å². The first-order valence-electron chi connectivity index (χ1n) is 7.83. The number of nitrogens with zero attached hydrogens (tertiary/aromatic N) is 2. The van der Waals surface area contributed by atoms with Crippen LogP contribution >= 0.6 is 11.3 Å². The molecule has 0 radical (unpaired) electrons. The summed E-state index contributed by atoms with van der Waals surface area (Å²) in [6.07, 6.45) is 1.03. The van der Waals surface area contributed by atoms with E-state index in [9.17, 15) is 0 Å². The Hall–Kier alpha value is -0.490. The lowest BCUT2D eigenvalue weighted by Crippen LogP contribution is -2.35. The number of thiazole rings is 1. The minimum absolute atomic E-state index is 0.121. The van der Waals surface area contributed by atoms with E-state index in [1.54, 1.807) is 7.11 Å². The van der Waals surface area contributed by atoms with E-state index in [-0.39, 0.29) is 5.54 Å². The molecule has 0 spiro atoms. The molecule has 0 atom stereocenters. The highest BCUT2D eigenvalue weighted by Crippen LogP contribution is 2.21. The molecule has 5 heteroatoms. The Morgan fingerprint density at radius 3 is 2.43 bits per heavy atom. The lowest BCUT2D eigenvalue weighted by Gasteiger charge is -2.20. The van der Waals surface area contributed by atoms with Gasteiger partial charge in [0.05, 0.1) is 17.3 Å². The van der Waals surface area contributed by atoms with Crippen molar-refractivity contribution in [1.29, 1.82) is 0 Å². The lowest BCUT2D eigenvalue weighted by molar-refractivity contribution is 0.181. The summed E-state index contributed by atoms with van der Waals surface area (Å²) in [5, 5.41) is 4.76. The van der Waals surface area contributed by atoms with Crippen molar-refractivity contribution in [2.24, 2.45) is 0 Å². The molecule has 0 amide bonds. The van der Waals surface area contributed by atoms with Gasteiger partial charge in [0, 0.05) is 37.0 Å². The van der Waals surface area contributed by atoms with E-state index in [4.69, 9.17) is 9.72 Å². The van der Waals surface area contributed by atoms with E-state index in [0.29, 0.717) is 6.61 Å². The van der Waals surface area contributed by atoms with Crippen LogP contribution in [0.2, 0.25) is 0 Å². The van der Waals surface area contributed by atoms with Gasteiger partial charge in [-0.15, -0.1) is 11.3 Å². The van der Waals surface area contributed by atoms with Crippen molar-refractivity contribution in [3.8, 4) is 0 Å². The quantitative estimate of drug-likeness (QED) is 0.760. The maximum absolute atomic E-state index is 5.29. The Morgan fingerprint density at radius 2 is 1.90 bits per heavy atom. The maximum atomic E-state index is 5.29. The van der Waals surface area contributed by atoms with Crippen molar-refractivity contribution in [3.63, 3.8) is 0 Å². The predicted octanol–water partition coefficient (Wildman–Crippen LogP) is 3.06. The predicted molar refractivity (Wildman–Crippen MR) is 90.9 cm³/mol. The number of rotatable bonds is 9. The van der Waals surface area contributed by atoms with Gasteiger partial charge in [-0.3, -0.25) is 0 Å². The van der Waals surface area contributed by atoms with Crippen molar-refractivity contribution in [2.75, 3.05) is 26.7 Å². The topological polar surface area (TPSA) is 37.4 Å². The molecule has 1 aromatic rings. The van der Waals surface area contributed by atoms with Gasteiger partial charge < -0.3 is 15.0 Å². The molecular weight excluding hydrogens is 282 g/mol. The van der Waals surface area contributed by atoms with Gasteiger partial charge in [0.25, 0.3) is 0 Å². The average Bonchev–Trinajstić information content (AvgIpc) is 2.80. The van der Waals surface area contributed by atoms with Crippen LogP contribution in [0, 0.1) is 0 Å². The lowest BCUT2D eigenvalue weighted by atomic mass is 10.1. The zero-order valence-electron chi connectivity index (χ0n) is 14.5. The van der Waals surface area contributed by atoms with E-state index < -0.39 is 0 Å². The molecule has 0 unspecified atom stereocenters. The van der Waals surface area contributed by atoms with Crippen LogP contribution in [-0.4, -0.2) is 42.2 Å². The van der Waals surface area contributed by atoms with Crippen LogP contribution in [-0.2, 0) is 24.3 Å². The molecule has 0 aliphatic carbocycles. The van der Waals surface area contributed by atoms with Gasteiger partial charge in [-0.2, -0.15) is 0 Å². The smallest absolute Gasteiger partial charge is 0.0945 e. The minimum Gasteiger partial charge on any atom is -0.378 e. The SMILES string of the molecule is CCN(CC)CCc1nc(COC)c(CNC(C)(C)C)s1. The van der Waals surface area contributed by atoms with Crippen molar-refractivity contribution in [2.45, 2.75) is 59.7 Å². The molecule has 0 fully saturated rings. The molecule has 0 aliphatic heterocycles. The first-order valence-corrected chi connectivity index (χ1v) is 8.65. The van der Waals surface area contributed by atoms with Crippen LogP contribution in [0.15, 0.2) is 0 Å². The van der Waals surface area contributed by atoms with Gasteiger partial charge in [0.1, 0.15) is 0 Å². The van der Waals surface area contributed by atoms with Crippen LogP contribution in [0.4, 0.5) is 0 Å². The molecule has 0 saturated carbocycles. The monoisotopic (exact) mass is 313 g/mol. The fraction of sp³-hybridized carbons (Fsp3) is 0.812. The third kappa shape index (κ3) is 6.87. The third-order valence-corrected chi connectivity index (χ3v) is 4.58. The number of ether oxygens (including phenoxy) is 1. The third-order valence-electron chi connectivity index (χ3n) is 3.42. The molecule has 1 heterocycles. The minimum atomic E-state index is 0.121. The molecule has 0 bridgehead atoms. The van der Waals surface area contributed by atoms with E-state index in [1.807, 2.05) is 11.3 Å². The summed E-state index contributed by atoms with van der Waals surface area (Å²) in [7, 11) is 1.73. The molecule has 1 rings (SSSR count). The molecule has 0 aliphatic rings. The summed E-state index contributed by atoms with van der Waals surface area (Å²) in [6.45, 7) is 15.7. The van der Waals surface area contributed by atoms with Gasteiger partial charge >= 0.3 is 0 Å². The summed E-state index contributed by atoms with van der Waals surface area (Å²) in [4.78, 5) is 8.51. The Kier molecular flexibility index (Phi) is 7.81. The normalized spacial score (nSPS) is 12.3. The van der Waals surface area contributed by atoms with Crippen molar-refractivity contribution in [1.82, 2.24) is 15.2 Å². The van der Waals surface area contributed by atoms with Crippen LogP contribution < -0.4 is 5.32 Å². The van der Waals surface area contributed by atoms with E-state index in [2.05, 4.69) is 44.8 Å². The van der Waals surface area contributed by atoms with Crippen molar-refractivity contribution in [3.05, 3.63) is 15.6 Å². The molecule has 0 aromatic carbocycles. The summed E-state index contributed by atoms with van der Waals surface area (Å²) in [5.74, 6) is 0. The van der Waals surface area contributed by atoms with Crippen LogP contribution in [0.3, 0.4) is 0 Å². The van der Waals surface area contributed by atoms with Crippen molar-refractivity contribution < 1.29 is 4.74 Å². The van der Waals surface area contributed by atoms with Gasteiger partial charge in [0.2, 0.25) is 0 Å². The first-order chi connectivity index (χ1) is 9.89. The second-order valence-corrected chi connectivity index (χ2v) is 7.46. The van der Waals surface area contributed by atoms with Gasteiger partial charge in [-0.1, -0.05) is 13.8 Å². The average molecular weight is 314 g/mol. The van der Waals surface area contributed by atoms with E-state index >= 15 is 0 Å². The highest BCUT2D eigenvalue weighted by Gasteiger charge is 2.15. The molecule has 21 heavy (non-hydrogen) atoms. The number of nitrogens with one attached hydrogen (secondary N) is 1. The highest BCUT2D eigenvalue weighted by atomic mass is 32.1. The van der Waals surface area contributed by atoms with Crippen LogP contribution in [0.1, 0.15) is 50.2 Å². The Balaban J connectivity index is 2.69. The van der Waals surface area contributed by atoms with Crippen molar-refractivity contribution >= 4 is 11.3 Å². The number of hydrogen-bond acceptors (Lipinski definition) is 5. The first kappa shape index (κ1) is 18.6. The summed E-state index contributed by atoms with van der Waals surface area (Å²) in [5.41, 5.74) is 1.21. The molecule has 1 aromatic heterocycles. The molecule has 122 valence electrons. The Bertz CT molecular complexity index is 408. The van der Waals surface area contributed by atoms with Gasteiger partial charge in [-0.05, 0) is 33.9 Å². The van der Waals surface area contributed by atoms with Gasteiger partial charge in [0.15, 0.2) is 0 Å². The number of hydrogen-bond donors (Lipinski definition) is 1. The summed E-state index contributed by atoms with van der Waals surface area (Å²) >= 11 is 1.82. The highest BCUT2D eigenvalue weighted by molar-refractivity contribution is 7.11. The molecule has 1 N–H and O–H groups in total. The fourth-order valence-electron chi connectivity index (χ4n) is 2.07. The zero-order valence-corrected chi connectivity index (χ0v) is 15.3. The number of aromatic nitrogens is 1. The Morgan fingerprint density at radius 1 is 1.24 bits per heavy atom.